The molecule has 8 rings (SSSR count). The number of carbonyl (C=O) groups excluding carboxylic acids is 1. The Hall–Kier alpha value is -4.31. The van der Waals surface area contributed by atoms with Gasteiger partial charge in [-0.1, -0.05) is 84.9 Å². The van der Waals surface area contributed by atoms with Crippen LogP contribution in [0.5, 0.6) is 5.75 Å². The Bertz CT molecular complexity index is 1770. The van der Waals surface area contributed by atoms with Crippen LogP contribution in [0.4, 0.5) is 0 Å². The molecule has 5 nitrogen and oxygen atoms in total. The van der Waals surface area contributed by atoms with Crippen molar-refractivity contribution in [1.29, 1.82) is 0 Å². The third-order valence-corrected chi connectivity index (χ3v) is 12.1. The summed E-state index contributed by atoms with van der Waals surface area (Å²) in [6.07, 6.45) is 6.17. The minimum Gasteiger partial charge on any atom is -0.497 e. The lowest BCUT2D eigenvalue weighted by Gasteiger charge is -2.51. The first-order chi connectivity index (χ1) is 22.1. The van der Waals surface area contributed by atoms with Gasteiger partial charge in [0.15, 0.2) is 0 Å². The number of pyridine rings is 1. The molecule has 5 unspecified atom stereocenters. The van der Waals surface area contributed by atoms with Crippen LogP contribution < -0.4 is 26.0 Å². The molecule has 2 bridgehead atoms. The molecule has 0 radical (unpaired) electrons. The number of hydrogen-bond donors (Lipinski definition) is 1. The number of amides is 1. The molecule has 3 aliphatic rings. The van der Waals surface area contributed by atoms with Crippen LogP contribution in [-0.2, 0) is 0 Å². The summed E-state index contributed by atoms with van der Waals surface area (Å²) in [4.78, 5) is 21.9. The zero-order valence-corrected chi connectivity index (χ0v) is 26.4. The SMILES string of the molecule is C=CC1CN2CCC1CC2C(NC(=O)c1ccccc1P(c1ccccc1)c1ccccc1)c1ccnc2ccc(OC)cc12. The molecule has 0 spiro atoms. The van der Waals surface area contributed by atoms with Crippen molar-refractivity contribution < 1.29 is 9.53 Å². The number of carbonyl (C=O) groups is 1. The number of rotatable bonds is 9. The van der Waals surface area contributed by atoms with Crippen LogP contribution in [0, 0.1) is 11.8 Å². The Morgan fingerprint density at radius 3 is 2.36 bits per heavy atom. The van der Waals surface area contributed by atoms with Crippen molar-refractivity contribution in [3.05, 3.63) is 139 Å². The molecule has 226 valence electrons. The first-order valence-electron chi connectivity index (χ1n) is 15.7. The van der Waals surface area contributed by atoms with Gasteiger partial charge in [-0.3, -0.25) is 14.7 Å². The Morgan fingerprint density at radius 1 is 0.978 bits per heavy atom. The fourth-order valence-electron chi connectivity index (χ4n) is 7.31. The fraction of sp³-hybridized carbons (Fsp3) is 0.231. The number of fused-ring (bicyclic) bond motifs is 4. The van der Waals surface area contributed by atoms with Crippen LogP contribution in [0.3, 0.4) is 0 Å². The molecule has 6 heteroatoms. The van der Waals surface area contributed by atoms with E-state index in [4.69, 9.17) is 4.74 Å². The molecule has 4 heterocycles. The molecule has 1 amide bonds. The maximum absolute atomic E-state index is 14.7. The lowest BCUT2D eigenvalue weighted by molar-refractivity contribution is 0.00171. The number of aromatic nitrogens is 1. The van der Waals surface area contributed by atoms with E-state index in [1.54, 1.807) is 7.11 Å². The van der Waals surface area contributed by atoms with Gasteiger partial charge in [-0.05, 0) is 91.0 Å². The molecular formula is C39H38N3O2P. The van der Waals surface area contributed by atoms with Crippen molar-refractivity contribution in [2.24, 2.45) is 11.8 Å². The van der Waals surface area contributed by atoms with Gasteiger partial charge in [0, 0.05) is 29.7 Å². The van der Waals surface area contributed by atoms with E-state index in [2.05, 4.69) is 101 Å². The Balaban J connectivity index is 1.32. The zero-order chi connectivity index (χ0) is 30.8. The second-order valence-corrected chi connectivity index (χ2v) is 14.2. The van der Waals surface area contributed by atoms with E-state index in [1.807, 2.05) is 42.6 Å². The van der Waals surface area contributed by atoms with Gasteiger partial charge in [0.05, 0.1) is 18.7 Å². The van der Waals surface area contributed by atoms with Crippen molar-refractivity contribution in [2.45, 2.75) is 24.9 Å². The van der Waals surface area contributed by atoms with E-state index >= 15 is 0 Å². The highest BCUT2D eigenvalue weighted by Gasteiger charge is 2.43. The molecule has 0 saturated carbocycles. The normalized spacial score (nSPS) is 21.4. The monoisotopic (exact) mass is 611 g/mol. The van der Waals surface area contributed by atoms with Crippen LogP contribution in [-0.4, -0.2) is 42.0 Å². The molecule has 3 aliphatic heterocycles. The number of nitrogens with one attached hydrogen (secondary N) is 1. The Kier molecular flexibility index (Phi) is 8.47. The minimum atomic E-state index is -0.950. The summed E-state index contributed by atoms with van der Waals surface area (Å²) >= 11 is 0. The largest absolute Gasteiger partial charge is 0.497 e. The first-order valence-corrected chi connectivity index (χ1v) is 17.1. The number of ether oxygens (including phenoxy) is 1. The predicted octanol–water partition coefficient (Wildman–Crippen LogP) is 6.37. The van der Waals surface area contributed by atoms with Gasteiger partial charge in [0.25, 0.3) is 5.91 Å². The molecule has 45 heavy (non-hydrogen) atoms. The topological polar surface area (TPSA) is 54.5 Å². The van der Waals surface area contributed by atoms with Crippen molar-refractivity contribution in [3.63, 3.8) is 0 Å². The highest BCUT2D eigenvalue weighted by Crippen LogP contribution is 2.43. The molecule has 1 N–H and O–H groups in total. The van der Waals surface area contributed by atoms with Crippen molar-refractivity contribution in [2.75, 3.05) is 20.2 Å². The van der Waals surface area contributed by atoms with Crippen LogP contribution in [0.25, 0.3) is 10.9 Å². The molecule has 0 aliphatic carbocycles. The Labute approximate surface area is 266 Å². The summed E-state index contributed by atoms with van der Waals surface area (Å²) in [5, 5.41) is 8.10. The highest BCUT2D eigenvalue weighted by molar-refractivity contribution is 7.80. The van der Waals surface area contributed by atoms with Crippen LogP contribution in [0.2, 0.25) is 0 Å². The van der Waals surface area contributed by atoms with Crippen LogP contribution in [0.15, 0.2) is 128 Å². The average molecular weight is 612 g/mol. The molecule has 5 aromatic rings. The van der Waals surface area contributed by atoms with E-state index in [0.29, 0.717) is 11.8 Å². The summed E-state index contributed by atoms with van der Waals surface area (Å²) in [5.74, 6) is 1.78. The molecule has 1 aromatic heterocycles. The van der Waals surface area contributed by atoms with Gasteiger partial charge in [-0.15, -0.1) is 6.58 Å². The van der Waals surface area contributed by atoms with Gasteiger partial charge < -0.3 is 10.1 Å². The third kappa shape index (κ3) is 5.79. The number of methoxy groups -OCH3 is 1. The van der Waals surface area contributed by atoms with Gasteiger partial charge in [0.2, 0.25) is 0 Å². The smallest absolute Gasteiger partial charge is 0.252 e. The second kappa shape index (κ2) is 13.0. The maximum atomic E-state index is 14.7. The van der Waals surface area contributed by atoms with Gasteiger partial charge in [-0.25, -0.2) is 0 Å². The second-order valence-electron chi connectivity index (χ2n) is 12.0. The van der Waals surface area contributed by atoms with Gasteiger partial charge in [0.1, 0.15) is 5.75 Å². The van der Waals surface area contributed by atoms with E-state index in [9.17, 15) is 4.79 Å². The van der Waals surface area contributed by atoms with Crippen molar-refractivity contribution in [1.82, 2.24) is 15.2 Å². The zero-order valence-electron chi connectivity index (χ0n) is 25.6. The molecule has 5 atom stereocenters. The lowest BCUT2D eigenvalue weighted by Crippen LogP contribution is -2.57. The van der Waals surface area contributed by atoms with Crippen LogP contribution in [0.1, 0.15) is 34.8 Å². The number of piperidine rings is 3. The highest BCUT2D eigenvalue weighted by atomic mass is 31.1. The summed E-state index contributed by atoms with van der Waals surface area (Å²) in [5.41, 5.74) is 2.69. The molecule has 4 aromatic carbocycles. The van der Waals surface area contributed by atoms with Gasteiger partial charge >= 0.3 is 0 Å². The quantitative estimate of drug-likeness (QED) is 0.156. The Morgan fingerprint density at radius 2 is 1.69 bits per heavy atom. The minimum absolute atomic E-state index is 0.0502. The molecule has 3 fully saturated rings. The van der Waals surface area contributed by atoms with Crippen molar-refractivity contribution in [3.8, 4) is 5.75 Å². The van der Waals surface area contributed by atoms with E-state index in [1.165, 1.54) is 17.0 Å². The van der Waals surface area contributed by atoms with Crippen LogP contribution >= 0.6 is 7.92 Å². The van der Waals surface area contributed by atoms with E-state index in [-0.39, 0.29) is 18.0 Å². The lowest BCUT2D eigenvalue weighted by atomic mass is 9.73. The fourth-order valence-corrected chi connectivity index (χ4v) is 9.76. The first kappa shape index (κ1) is 29.4. The summed E-state index contributed by atoms with van der Waals surface area (Å²) in [6, 6.07) is 37.3. The van der Waals surface area contributed by atoms with E-state index < -0.39 is 7.92 Å². The number of benzene rings is 4. The van der Waals surface area contributed by atoms with Gasteiger partial charge in [-0.2, -0.15) is 0 Å². The maximum Gasteiger partial charge on any atom is 0.252 e. The van der Waals surface area contributed by atoms with E-state index in [0.717, 1.165) is 52.6 Å². The average Bonchev–Trinajstić information content (AvgIpc) is 3.11. The molecule has 3 saturated heterocycles. The molecular weight excluding hydrogens is 573 g/mol. The summed E-state index contributed by atoms with van der Waals surface area (Å²) in [6.45, 7) is 6.14. The summed E-state index contributed by atoms with van der Waals surface area (Å²) < 4.78 is 5.62. The number of hydrogen-bond acceptors (Lipinski definition) is 4. The van der Waals surface area contributed by atoms with Crippen molar-refractivity contribution >= 4 is 40.6 Å². The summed E-state index contributed by atoms with van der Waals surface area (Å²) in [7, 11) is 0.737. The standard InChI is InChI=1S/C39H38N3O2P/c1-3-27-26-42-23-21-28(27)24-36(42)38(32-20-22-40-35-19-18-29(44-2)25-34(32)35)41-39(43)33-16-10-11-17-37(33)45(30-12-6-4-7-13-30)31-14-8-5-9-15-31/h3-20,22,25,27-28,36,38H,1,21,23-24,26H2,2H3,(H,41,43). The number of nitrogens with zero attached hydrogens (tertiary/aromatic N) is 2. The third-order valence-electron chi connectivity index (χ3n) is 9.56. The predicted molar refractivity (Wildman–Crippen MR) is 185 cm³/mol.